The fourth-order valence-corrected chi connectivity index (χ4v) is 1.43. The summed E-state index contributed by atoms with van der Waals surface area (Å²) in [5, 5.41) is -0.817. The van der Waals surface area contributed by atoms with Gasteiger partial charge in [0.2, 0.25) is 5.12 Å². The average Bonchev–Trinajstić information content (AvgIpc) is 2.34. The van der Waals surface area contributed by atoms with Gasteiger partial charge >= 0.3 is 0 Å². The van der Waals surface area contributed by atoms with Gasteiger partial charge in [-0.05, 0) is 6.92 Å². The molecule has 0 bridgehead atoms. The second-order valence-electron chi connectivity index (χ2n) is 2.73. The van der Waals surface area contributed by atoms with E-state index in [0.717, 1.165) is 19.1 Å². The Labute approximate surface area is 85.2 Å². The summed E-state index contributed by atoms with van der Waals surface area (Å²) in [6.45, 7) is 1.12. The van der Waals surface area contributed by atoms with Crippen molar-refractivity contribution in [2.45, 2.75) is 13.0 Å². The molecule has 0 N–H and O–H groups in total. The van der Waals surface area contributed by atoms with E-state index in [9.17, 15) is 19.2 Å². The van der Waals surface area contributed by atoms with Crippen molar-refractivity contribution in [3.8, 4) is 0 Å². The van der Waals surface area contributed by atoms with Crippen molar-refractivity contribution in [3.63, 3.8) is 0 Å². The van der Waals surface area contributed by atoms with Crippen LogP contribution < -0.4 is 0 Å². The zero-order chi connectivity index (χ0) is 10.9. The molecule has 1 aliphatic heterocycles. The summed E-state index contributed by atoms with van der Waals surface area (Å²) in [6.07, 6.45) is 2.02. The number of rotatable bonds is 3. The van der Waals surface area contributed by atoms with Crippen LogP contribution in [0.5, 0.6) is 0 Å². The maximum absolute atomic E-state index is 11.1. The van der Waals surface area contributed by atoms with Crippen LogP contribution in [0, 0.1) is 0 Å². The highest BCUT2D eigenvalue weighted by molar-refractivity contribution is 7.96. The molecule has 1 atom stereocenters. The van der Waals surface area contributed by atoms with Gasteiger partial charge in [-0.25, -0.2) is 0 Å². The molecule has 0 fully saturated rings. The predicted octanol–water partition coefficient (Wildman–Crippen LogP) is -0.675. The van der Waals surface area contributed by atoms with Crippen LogP contribution in [0.2, 0.25) is 0 Å². The molecule has 0 aromatic rings. The molecule has 5 nitrogen and oxygen atoms in total. The fourth-order valence-electron chi connectivity index (χ4n) is 1.13. The van der Waals surface area contributed by atoms with Gasteiger partial charge in [-0.1, -0.05) is 0 Å². The number of hydrogen-bond donors (Lipinski definition) is 1. The minimum Gasteiger partial charge on any atom is -0.297 e. The largest absolute Gasteiger partial charge is 0.297 e. The quantitative estimate of drug-likeness (QED) is 0.383. The van der Waals surface area contributed by atoms with Crippen molar-refractivity contribution >= 4 is 35.3 Å². The predicted molar refractivity (Wildman–Crippen MR) is 49.5 cm³/mol. The molecule has 1 aliphatic rings. The third-order valence-corrected chi connectivity index (χ3v) is 1.97. The molecule has 6 heteroatoms. The van der Waals surface area contributed by atoms with Gasteiger partial charge in [0, 0.05) is 12.2 Å². The molecule has 0 aromatic carbocycles. The summed E-state index contributed by atoms with van der Waals surface area (Å²) in [5.74, 6) is -1.93. The van der Waals surface area contributed by atoms with E-state index in [0.29, 0.717) is 4.90 Å². The first kappa shape index (κ1) is 10.6. The van der Waals surface area contributed by atoms with E-state index >= 15 is 0 Å². The number of carbonyl (C=O) groups excluding carboxylic acids is 4. The van der Waals surface area contributed by atoms with Gasteiger partial charge < -0.3 is 0 Å². The molecule has 1 rings (SSSR count). The molecule has 2 amide bonds. The second kappa shape index (κ2) is 3.75. The lowest BCUT2D eigenvalue weighted by atomic mass is 10.2. The van der Waals surface area contributed by atoms with E-state index in [2.05, 4.69) is 12.6 Å². The topological polar surface area (TPSA) is 71.5 Å². The van der Waals surface area contributed by atoms with Crippen LogP contribution in [0.15, 0.2) is 12.2 Å². The summed E-state index contributed by atoms with van der Waals surface area (Å²) in [4.78, 5) is 44.8. The van der Waals surface area contributed by atoms with Crippen molar-refractivity contribution in [3.05, 3.63) is 12.2 Å². The maximum Gasteiger partial charge on any atom is 0.254 e. The number of thiol groups is 1. The van der Waals surface area contributed by atoms with Crippen LogP contribution in [0.25, 0.3) is 0 Å². The summed E-state index contributed by atoms with van der Waals surface area (Å²) >= 11 is 3.46. The first-order chi connectivity index (χ1) is 6.45. The zero-order valence-corrected chi connectivity index (χ0v) is 8.15. The van der Waals surface area contributed by atoms with Crippen molar-refractivity contribution in [2.75, 3.05) is 0 Å². The fraction of sp³-hybridized carbons (Fsp3) is 0.250. The van der Waals surface area contributed by atoms with E-state index in [1.54, 1.807) is 0 Å². The van der Waals surface area contributed by atoms with Gasteiger partial charge in [0.25, 0.3) is 11.8 Å². The normalized spacial score (nSPS) is 17.4. The van der Waals surface area contributed by atoms with Gasteiger partial charge in [0.15, 0.2) is 11.8 Å². The second-order valence-corrected chi connectivity index (χ2v) is 3.17. The smallest absolute Gasteiger partial charge is 0.254 e. The maximum atomic E-state index is 11.1. The molecular formula is C8H7NO4S. The van der Waals surface area contributed by atoms with Gasteiger partial charge in [-0.2, -0.15) is 0 Å². The Bertz CT molecular complexity index is 328. The molecule has 0 saturated carbocycles. The van der Waals surface area contributed by atoms with E-state index < -0.39 is 28.8 Å². The third-order valence-electron chi connectivity index (χ3n) is 1.72. The highest BCUT2D eigenvalue weighted by Gasteiger charge is 2.37. The van der Waals surface area contributed by atoms with E-state index in [4.69, 9.17) is 0 Å². The van der Waals surface area contributed by atoms with Gasteiger partial charge in [-0.15, -0.1) is 12.6 Å². The number of nitrogens with zero attached hydrogens (tertiary/aromatic N) is 1. The molecule has 1 heterocycles. The average molecular weight is 213 g/mol. The molecule has 0 radical (unpaired) electrons. The molecule has 0 spiro atoms. The Morgan fingerprint density at radius 2 is 1.71 bits per heavy atom. The van der Waals surface area contributed by atoms with Crippen LogP contribution in [-0.2, 0) is 19.2 Å². The van der Waals surface area contributed by atoms with Crippen LogP contribution in [-0.4, -0.2) is 33.7 Å². The number of amides is 2. The Balaban J connectivity index is 3.01. The number of Topliss-reactive ketones (excluding diaryl/α,β-unsaturated/α-hetero) is 1. The van der Waals surface area contributed by atoms with Crippen molar-refractivity contribution in [2.24, 2.45) is 0 Å². The first-order valence-electron chi connectivity index (χ1n) is 3.73. The minimum atomic E-state index is -1.41. The number of hydrogen-bond acceptors (Lipinski definition) is 4. The van der Waals surface area contributed by atoms with Crippen LogP contribution in [0.1, 0.15) is 6.92 Å². The first-order valence-corrected chi connectivity index (χ1v) is 4.18. The molecular weight excluding hydrogens is 206 g/mol. The summed E-state index contributed by atoms with van der Waals surface area (Å²) in [6, 6.07) is -1.41. The van der Waals surface area contributed by atoms with Crippen LogP contribution >= 0.6 is 12.6 Å². The lowest BCUT2D eigenvalue weighted by Gasteiger charge is -2.20. The lowest BCUT2D eigenvalue weighted by molar-refractivity contribution is -0.147. The highest BCUT2D eigenvalue weighted by atomic mass is 32.1. The van der Waals surface area contributed by atoms with Crippen molar-refractivity contribution < 1.29 is 19.2 Å². The Kier molecular flexibility index (Phi) is 2.85. The third kappa shape index (κ3) is 1.74. The molecule has 0 saturated heterocycles. The Morgan fingerprint density at radius 1 is 1.29 bits per heavy atom. The lowest BCUT2D eigenvalue weighted by Crippen LogP contribution is -2.47. The standard InChI is InChI=1S/C8H7NO4S/c1-4(10)7(8(13)14)9-5(11)2-3-6(9)12/h2-3,7H,1H3,(H,13,14). The number of imide groups is 1. The van der Waals surface area contributed by atoms with E-state index in [-0.39, 0.29) is 0 Å². The molecule has 74 valence electrons. The highest BCUT2D eigenvalue weighted by Crippen LogP contribution is 2.12. The van der Waals surface area contributed by atoms with E-state index in [1.165, 1.54) is 0 Å². The number of carbonyl (C=O) groups is 4. The van der Waals surface area contributed by atoms with Gasteiger partial charge in [0.05, 0.1) is 0 Å². The van der Waals surface area contributed by atoms with Gasteiger partial charge in [-0.3, -0.25) is 24.1 Å². The summed E-state index contributed by atoms with van der Waals surface area (Å²) in [5.41, 5.74) is 0. The number of ketones is 1. The summed E-state index contributed by atoms with van der Waals surface area (Å²) in [7, 11) is 0. The zero-order valence-electron chi connectivity index (χ0n) is 7.26. The van der Waals surface area contributed by atoms with Crippen LogP contribution in [0.4, 0.5) is 0 Å². The summed E-state index contributed by atoms with van der Waals surface area (Å²) < 4.78 is 0. The van der Waals surface area contributed by atoms with Crippen molar-refractivity contribution in [1.29, 1.82) is 0 Å². The molecule has 14 heavy (non-hydrogen) atoms. The Hall–Kier alpha value is -1.43. The Morgan fingerprint density at radius 3 is 2.00 bits per heavy atom. The van der Waals surface area contributed by atoms with Gasteiger partial charge in [0.1, 0.15) is 0 Å². The minimum absolute atomic E-state index is 0.588. The van der Waals surface area contributed by atoms with Crippen molar-refractivity contribution in [1.82, 2.24) is 4.90 Å². The molecule has 0 aliphatic carbocycles. The monoisotopic (exact) mass is 213 g/mol. The molecule has 1 unspecified atom stereocenters. The van der Waals surface area contributed by atoms with Crippen LogP contribution in [0.3, 0.4) is 0 Å². The molecule has 0 aromatic heterocycles. The van der Waals surface area contributed by atoms with E-state index in [1.807, 2.05) is 0 Å². The SMILES string of the molecule is CC(=O)C(C(=O)S)N1C(=O)C=CC1=O.